The monoisotopic (exact) mass is 361 g/mol. The fourth-order valence-corrected chi connectivity index (χ4v) is 2.84. The molecule has 7 heteroatoms. The number of amides is 1. The maximum Gasteiger partial charge on any atom is 0.266 e. The number of carbonyl (C=O) groups excluding carboxylic acids is 1. The number of rotatable bonds is 6. The van der Waals surface area contributed by atoms with Gasteiger partial charge in [0.05, 0.1) is 18.3 Å². The van der Waals surface area contributed by atoms with Crippen molar-refractivity contribution in [2.45, 2.75) is 31.9 Å². The Kier molecular flexibility index (Phi) is 5.83. The quantitative estimate of drug-likeness (QED) is 0.856. The molecule has 1 aromatic carbocycles. The molecule has 1 aromatic heterocycles. The summed E-state index contributed by atoms with van der Waals surface area (Å²) in [7, 11) is 0. The molecule has 0 bridgehead atoms. The van der Waals surface area contributed by atoms with Crippen molar-refractivity contribution in [3.8, 4) is 11.3 Å². The molecule has 1 aliphatic heterocycles. The number of carbonyl (C=O) groups is 1. The number of aryl methyl sites for hydroxylation is 1. The van der Waals surface area contributed by atoms with Gasteiger partial charge in [-0.15, -0.1) is 0 Å². The molecule has 0 unspecified atom stereocenters. The van der Waals surface area contributed by atoms with Gasteiger partial charge in [0.15, 0.2) is 0 Å². The van der Waals surface area contributed by atoms with Crippen molar-refractivity contribution in [1.29, 1.82) is 0 Å². The summed E-state index contributed by atoms with van der Waals surface area (Å²) >= 11 is 5.89. The standard InChI is InChI=1S/C18H20ClN3O3/c19-14-5-3-13(4-6-14)16-7-8-18(24)22(21-16)10-9-17(23)20-12-15-2-1-11-25-15/h3-8,15H,1-2,9-12H2,(H,20,23)/t15-/m0/s1. The van der Waals surface area contributed by atoms with Crippen LogP contribution >= 0.6 is 11.6 Å². The summed E-state index contributed by atoms with van der Waals surface area (Å²) in [5.41, 5.74) is 1.29. The van der Waals surface area contributed by atoms with Crippen LogP contribution in [0.2, 0.25) is 5.02 Å². The van der Waals surface area contributed by atoms with Gasteiger partial charge in [0, 0.05) is 36.2 Å². The summed E-state index contributed by atoms with van der Waals surface area (Å²) in [6.07, 6.45) is 2.32. The van der Waals surface area contributed by atoms with Gasteiger partial charge in [-0.2, -0.15) is 5.10 Å². The minimum absolute atomic E-state index is 0.109. The highest BCUT2D eigenvalue weighted by molar-refractivity contribution is 6.30. The van der Waals surface area contributed by atoms with E-state index in [4.69, 9.17) is 16.3 Å². The van der Waals surface area contributed by atoms with Gasteiger partial charge < -0.3 is 10.1 Å². The molecule has 1 aliphatic rings. The molecular weight excluding hydrogens is 342 g/mol. The second-order valence-electron chi connectivity index (χ2n) is 5.98. The number of hydrogen-bond acceptors (Lipinski definition) is 4. The molecule has 1 saturated heterocycles. The SMILES string of the molecule is O=C(CCn1nc(-c2ccc(Cl)cc2)ccc1=O)NC[C@@H]1CCCO1. The average molecular weight is 362 g/mol. The molecular formula is C18H20ClN3O3. The highest BCUT2D eigenvalue weighted by atomic mass is 35.5. The van der Waals surface area contributed by atoms with Crippen molar-refractivity contribution in [3.05, 3.63) is 51.8 Å². The third kappa shape index (κ3) is 4.90. The number of aromatic nitrogens is 2. The lowest BCUT2D eigenvalue weighted by Gasteiger charge is -2.11. The van der Waals surface area contributed by atoms with E-state index in [0.717, 1.165) is 25.0 Å². The first-order valence-corrected chi connectivity index (χ1v) is 8.72. The Labute approximate surface area is 150 Å². The molecule has 0 spiro atoms. The van der Waals surface area contributed by atoms with Crippen molar-refractivity contribution in [3.63, 3.8) is 0 Å². The largest absolute Gasteiger partial charge is 0.376 e. The zero-order chi connectivity index (χ0) is 17.6. The number of benzene rings is 1. The van der Waals surface area contributed by atoms with Crippen LogP contribution in [0.15, 0.2) is 41.2 Å². The second-order valence-corrected chi connectivity index (χ2v) is 6.41. The minimum Gasteiger partial charge on any atom is -0.376 e. The minimum atomic E-state index is -0.232. The van der Waals surface area contributed by atoms with E-state index in [1.54, 1.807) is 18.2 Å². The summed E-state index contributed by atoms with van der Waals surface area (Å²) in [6.45, 7) is 1.51. The molecule has 132 valence electrons. The van der Waals surface area contributed by atoms with Crippen molar-refractivity contribution in [1.82, 2.24) is 15.1 Å². The third-order valence-electron chi connectivity index (χ3n) is 4.11. The Bertz CT molecular complexity index is 783. The molecule has 1 atom stereocenters. The van der Waals surface area contributed by atoms with Crippen molar-refractivity contribution in [2.75, 3.05) is 13.2 Å². The lowest BCUT2D eigenvalue weighted by molar-refractivity contribution is -0.121. The molecule has 6 nitrogen and oxygen atoms in total. The lowest BCUT2D eigenvalue weighted by atomic mass is 10.1. The number of hydrogen-bond donors (Lipinski definition) is 1. The predicted octanol–water partition coefficient (Wildman–Crippen LogP) is 2.25. The summed E-state index contributed by atoms with van der Waals surface area (Å²) in [5.74, 6) is -0.110. The fourth-order valence-electron chi connectivity index (χ4n) is 2.71. The van der Waals surface area contributed by atoms with Gasteiger partial charge in [0.25, 0.3) is 5.56 Å². The van der Waals surface area contributed by atoms with Gasteiger partial charge in [0.2, 0.25) is 5.91 Å². The average Bonchev–Trinajstić information content (AvgIpc) is 3.13. The summed E-state index contributed by atoms with van der Waals surface area (Å²) in [6, 6.07) is 10.3. The van der Waals surface area contributed by atoms with E-state index in [0.29, 0.717) is 17.3 Å². The maximum absolute atomic E-state index is 12.0. The zero-order valence-electron chi connectivity index (χ0n) is 13.8. The Balaban J connectivity index is 1.59. The normalized spacial score (nSPS) is 16.8. The number of nitrogens with zero attached hydrogens (tertiary/aromatic N) is 2. The molecule has 0 radical (unpaired) electrons. The molecule has 3 rings (SSSR count). The van der Waals surface area contributed by atoms with E-state index in [1.807, 2.05) is 12.1 Å². The lowest BCUT2D eigenvalue weighted by Crippen LogP contribution is -2.33. The van der Waals surface area contributed by atoms with Crippen molar-refractivity contribution in [2.24, 2.45) is 0 Å². The van der Waals surface area contributed by atoms with Crippen LogP contribution in [0.3, 0.4) is 0 Å². The van der Waals surface area contributed by atoms with E-state index in [1.165, 1.54) is 10.7 Å². The molecule has 1 amide bonds. The van der Waals surface area contributed by atoms with Gasteiger partial charge in [-0.05, 0) is 31.0 Å². The summed E-state index contributed by atoms with van der Waals surface area (Å²) < 4.78 is 6.78. The fraction of sp³-hybridized carbons (Fsp3) is 0.389. The third-order valence-corrected chi connectivity index (χ3v) is 4.36. The van der Waals surface area contributed by atoms with E-state index in [-0.39, 0.29) is 30.5 Å². The molecule has 1 fully saturated rings. The molecule has 25 heavy (non-hydrogen) atoms. The van der Waals surface area contributed by atoms with Gasteiger partial charge in [0.1, 0.15) is 0 Å². The molecule has 2 heterocycles. The molecule has 2 aromatic rings. The van der Waals surface area contributed by atoms with Crippen LogP contribution in [-0.2, 0) is 16.1 Å². The molecule has 1 N–H and O–H groups in total. The Morgan fingerprint density at radius 2 is 2.08 bits per heavy atom. The topological polar surface area (TPSA) is 73.2 Å². The Morgan fingerprint density at radius 3 is 2.80 bits per heavy atom. The second kappa shape index (κ2) is 8.27. The van der Waals surface area contributed by atoms with Crippen LogP contribution in [-0.4, -0.2) is 34.9 Å². The molecule has 0 saturated carbocycles. The van der Waals surface area contributed by atoms with Gasteiger partial charge in [-0.3, -0.25) is 9.59 Å². The Hall–Kier alpha value is -2.18. The van der Waals surface area contributed by atoms with Crippen molar-refractivity contribution < 1.29 is 9.53 Å². The number of ether oxygens (including phenoxy) is 1. The maximum atomic E-state index is 12.0. The first-order valence-electron chi connectivity index (χ1n) is 8.34. The van der Waals surface area contributed by atoms with Crippen LogP contribution in [0.1, 0.15) is 19.3 Å². The van der Waals surface area contributed by atoms with Crippen LogP contribution in [0.25, 0.3) is 11.3 Å². The van der Waals surface area contributed by atoms with Gasteiger partial charge in [-0.1, -0.05) is 23.7 Å². The van der Waals surface area contributed by atoms with Crippen LogP contribution < -0.4 is 10.9 Å². The van der Waals surface area contributed by atoms with Crippen LogP contribution in [0, 0.1) is 0 Å². The highest BCUT2D eigenvalue weighted by Crippen LogP contribution is 2.18. The first-order chi connectivity index (χ1) is 12.1. The first kappa shape index (κ1) is 17.6. The van der Waals surface area contributed by atoms with Crippen LogP contribution in [0.4, 0.5) is 0 Å². The highest BCUT2D eigenvalue weighted by Gasteiger charge is 2.16. The smallest absolute Gasteiger partial charge is 0.266 e. The summed E-state index contributed by atoms with van der Waals surface area (Å²) in [5, 5.41) is 7.82. The van der Waals surface area contributed by atoms with E-state index >= 15 is 0 Å². The van der Waals surface area contributed by atoms with E-state index in [2.05, 4.69) is 10.4 Å². The zero-order valence-corrected chi connectivity index (χ0v) is 14.5. The van der Waals surface area contributed by atoms with E-state index < -0.39 is 0 Å². The van der Waals surface area contributed by atoms with E-state index in [9.17, 15) is 9.59 Å². The summed E-state index contributed by atoms with van der Waals surface area (Å²) in [4.78, 5) is 23.9. The Morgan fingerprint density at radius 1 is 1.28 bits per heavy atom. The van der Waals surface area contributed by atoms with Crippen LogP contribution in [0.5, 0.6) is 0 Å². The number of halogens is 1. The molecule has 0 aliphatic carbocycles. The van der Waals surface area contributed by atoms with Gasteiger partial charge in [-0.25, -0.2) is 4.68 Å². The van der Waals surface area contributed by atoms with Crippen molar-refractivity contribution >= 4 is 17.5 Å². The van der Waals surface area contributed by atoms with Gasteiger partial charge >= 0.3 is 0 Å². The number of nitrogens with one attached hydrogen (secondary N) is 1. The predicted molar refractivity (Wildman–Crippen MR) is 95.5 cm³/mol.